The predicted molar refractivity (Wildman–Crippen MR) is 85.6 cm³/mol. The minimum atomic E-state index is -0.298. The summed E-state index contributed by atoms with van der Waals surface area (Å²) in [4.78, 5) is 24.4. The number of nitro groups is 1. The van der Waals surface area contributed by atoms with Gasteiger partial charge in [-0.2, -0.15) is 0 Å². The minimum absolute atomic E-state index is 0.0920. The van der Waals surface area contributed by atoms with Crippen molar-refractivity contribution in [1.82, 2.24) is 9.97 Å². The van der Waals surface area contributed by atoms with Crippen LogP contribution in [0.1, 0.15) is 44.3 Å². The van der Waals surface area contributed by atoms with E-state index in [4.69, 9.17) is 0 Å². The van der Waals surface area contributed by atoms with Crippen LogP contribution in [0.5, 0.6) is 0 Å². The first-order valence-electron chi connectivity index (χ1n) is 8.20. The average molecular weight is 305 g/mol. The Morgan fingerprint density at radius 3 is 1.64 bits per heavy atom. The number of aryl methyl sites for hydroxylation is 1. The van der Waals surface area contributed by atoms with Crippen molar-refractivity contribution in [3.8, 4) is 0 Å². The number of rotatable bonds is 3. The minimum Gasteiger partial charge on any atom is -0.351 e. The van der Waals surface area contributed by atoms with Crippen LogP contribution in [0.25, 0.3) is 0 Å². The van der Waals surface area contributed by atoms with Gasteiger partial charge in [-0.3, -0.25) is 10.1 Å². The molecule has 2 aliphatic heterocycles. The quantitative estimate of drug-likeness (QED) is 0.631. The van der Waals surface area contributed by atoms with E-state index in [0.717, 1.165) is 51.9 Å². The van der Waals surface area contributed by atoms with E-state index in [2.05, 4.69) is 19.8 Å². The molecule has 2 fully saturated rings. The average Bonchev–Trinajstić information content (AvgIpc) is 2.55. The van der Waals surface area contributed by atoms with E-state index in [9.17, 15) is 10.1 Å². The smallest absolute Gasteiger partial charge is 0.351 e. The number of hydrogen-bond acceptors (Lipinski definition) is 6. The normalized spacial score (nSPS) is 19.3. The van der Waals surface area contributed by atoms with Crippen LogP contribution in [0.15, 0.2) is 0 Å². The molecule has 0 aliphatic carbocycles. The van der Waals surface area contributed by atoms with Crippen LogP contribution in [-0.2, 0) is 0 Å². The van der Waals surface area contributed by atoms with Crippen LogP contribution in [0.4, 0.5) is 17.3 Å². The fourth-order valence-corrected chi connectivity index (χ4v) is 3.35. The zero-order valence-electron chi connectivity index (χ0n) is 13.1. The zero-order valence-corrected chi connectivity index (χ0v) is 13.1. The summed E-state index contributed by atoms with van der Waals surface area (Å²) in [5.41, 5.74) is 0.0920. The van der Waals surface area contributed by atoms with Crippen molar-refractivity contribution in [3.05, 3.63) is 15.9 Å². The molecule has 0 unspecified atom stereocenters. The molecule has 0 atom stereocenters. The van der Waals surface area contributed by atoms with Crippen LogP contribution in [0.2, 0.25) is 0 Å². The molecule has 7 nitrogen and oxygen atoms in total. The number of piperidine rings is 2. The van der Waals surface area contributed by atoms with Crippen molar-refractivity contribution in [2.45, 2.75) is 45.4 Å². The maximum absolute atomic E-state index is 11.7. The van der Waals surface area contributed by atoms with E-state index < -0.39 is 0 Å². The van der Waals surface area contributed by atoms with Gasteiger partial charge in [0.05, 0.1) is 4.92 Å². The van der Waals surface area contributed by atoms with Gasteiger partial charge in [0.25, 0.3) is 0 Å². The Hall–Kier alpha value is -1.92. The molecule has 22 heavy (non-hydrogen) atoms. The van der Waals surface area contributed by atoms with Gasteiger partial charge in [-0.1, -0.05) is 0 Å². The Morgan fingerprint density at radius 1 is 0.864 bits per heavy atom. The Labute approximate surface area is 130 Å². The second-order valence-electron chi connectivity index (χ2n) is 6.12. The summed E-state index contributed by atoms with van der Waals surface area (Å²) in [5.74, 6) is 1.64. The van der Waals surface area contributed by atoms with Gasteiger partial charge in [0.1, 0.15) is 5.82 Å². The second kappa shape index (κ2) is 6.46. The number of aromatic nitrogens is 2. The molecule has 2 saturated heterocycles. The number of nitrogens with zero attached hydrogens (tertiary/aromatic N) is 5. The summed E-state index contributed by atoms with van der Waals surface area (Å²) in [6.45, 7) is 5.20. The molecule has 3 heterocycles. The van der Waals surface area contributed by atoms with Crippen LogP contribution in [-0.4, -0.2) is 41.1 Å². The third-order valence-corrected chi connectivity index (χ3v) is 4.45. The van der Waals surface area contributed by atoms with Crippen molar-refractivity contribution in [3.63, 3.8) is 0 Å². The topological polar surface area (TPSA) is 75.4 Å². The van der Waals surface area contributed by atoms with Crippen LogP contribution < -0.4 is 9.80 Å². The van der Waals surface area contributed by atoms with Gasteiger partial charge < -0.3 is 9.80 Å². The second-order valence-corrected chi connectivity index (χ2v) is 6.12. The molecule has 1 aromatic heterocycles. The zero-order chi connectivity index (χ0) is 15.5. The van der Waals surface area contributed by atoms with Crippen molar-refractivity contribution < 1.29 is 4.92 Å². The first-order chi connectivity index (χ1) is 10.7. The molecular weight excluding hydrogens is 282 g/mol. The van der Waals surface area contributed by atoms with Crippen molar-refractivity contribution in [2.24, 2.45) is 0 Å². The highest BCUT2D eigenvalue weighted by Gasteiger charge is 2.31. The van der Waals surface area contributed by atoms with Crippen molar-refractivity contribution in [2.75, 3.05) is 36.0 Å². The fraction of sp³-hybridized carbons (Fsp3) is 0.733. The molecule has 0 bridgehead atoms. The first-order valence-corrected chi connectivity index (χ1v) is 8.20. The Bertz CT molecular complexity index is 512. The molecular formula is C15H23N5O2. The van der Waals surface area contributed by atoms with Crippen LogP contribution in [0.3, 0.4) is 0 Å². The maximum Gasteiger partial charge on any atom is 0.353 e. The summed E-state index contributed by atoms with van der Waals surface area (Å²) < 4.78 is 0. The molecule has 2 aliphatic rings. The standard InChI is InChI=1S/C15H23N5O2/c1-12-16-14(18-8-4-2-5-9-18)13(20(21)22)15(17-12)19-10-6-3-7-11-19/h2-11H2,1H3. The number of hydrogen-bond donors (Lipinski definition) is 0. The molecule has 0 N–H and O–H groups in total. The lowest BCUT2D eigenvalue weighted by molar-refractivity contribution is -0.383. The molecule has 0 spiro atoms. The third kappa shape index (κ3) is 2.98. The van der Waals surface area contributed by atoms with Crippen LogP contribution >= 0.6 is 0 Å². The van der Waals surface area contributed by atoms with Crippen molar-refractivity contribution in [1.29, 1.82) is 0 Å². The summed E-state index contributed by atoms with van der Waals surface area (Å²) in [6, 6.07) is 0. The molecule has 0 radical (unpaired) electrons. The Balaban J connectivity index is 2.04. The van der Waals surface area contributed by atoms with E-state index in [-0.39, 0.29) is 10.6 Å². The van der Waals surface area contributed by atoms with Gasteiger partial charge in [-0.05, 0) is 45.4 Å². The van der Waals surface area contributed by atoms with E-state index in [1.807, 2.05) is 6.92 Å². The van der Waals surface area contributed by atoms with Gasteiger partial charge in [0.15, 0.2) is 0 Å². The molecule has 3 rings (SSSR count). The largest absolute Gasteiger partial charge is 0.353 e. The van der Waals surface area contributed by atoms with Gasteiger partial charge >= 0.3 is 5.69 Å². The lowest BCUT2D eigenvalue weighted by Crippen LogP contribution is -2.34. The molecule has 0 aromatic carbocycles. The van der Waals surface area contributed by atoms with Crippen LogP contribution in [0, 0.1) is 17.0 Å². The first kappa shape index (κ1) is 15.0. The lowest BCUT2D eigenvalue weighted by atomic mass is 10.1. The molecule has 120 valence electrons. The van der Waals surface area contributed by atoms with Gasteiger partial charge in [0, 0.05) is 26.2 Å². The third-order valence-electron chi connectivity index (χ3n) is 4.45. The summed E-state index contributed by atoms with van der Waals surface area (Å²) in [7, 11) is 0. The molecule has 1 aromatic rings. The monoisotopic (exact) mass is 305 g/mol. The Morgan fingerprint density at radius 2 is 1.27 bits per heavy atom. The number of anilines is 2. The summed E-state index contributed by atoms with van der Waals surface area (Å²) in [5, 5.41) is 11.7. The predicted octanol–water partition coefficient (Wildman–Crippen LogP) is 2.67. The van der Waals surface area contributed by atoms with Gasteiger partial charge in [0.2, 0.25) is 11.6 Å². The molecule has 7 heteroatoms. The van der Waals surface area contributed by atoms with Crippen molar-refractivity contribution >= 4 is 17.3 Å². The SMILES string of the molecule is Cc1nc(N2CCCCC2)c([N+](=O)[O-])c(N2CCCCC2)n1. The Kier molecular flexibility index (Phi) is 4.40. The highest BCUT2D eigenvalue weighted by atomic mass is 16.6. The van der Waals surface area contributed by atoms with E-state index in [0.29, 0.717) is 17.5 Å². The fourth-order valence-electron chi connectivity index (χ4n) is 3.35. The maximum atomic E-state index is 11.7. The van der Waals surface area contributed by atoms with E-state index >= 15 is 0 Å². The van der Waals surface area contributed by atoms with Gasteiger partial charge in [-0.25, -0.2) is 9.97 Å². The molecule has 0 saturated carbocycles. The van der Waals surface area contributed by atoms with E-state index in [1.165, 1.54) is 12.8 Å². The van der Waals surface area contributed by atoms with Gasteiger partial charge in [-0.15, -0.1) is 0 Å². The summed E-state index contributed by atoms with van der Waals surface area (Å²) in [6.07, 6.45) is 6.65. The summed E-state index contributed by atoms with van der Waals surface area (Å²) >= 11 is 0. The lowest BCUT2D eigenvalue weighted by Gasteiger charge is -2.31. The highest BCUT2D eigenvalue weighted by Crippen LogP contribution is 2.37. The highest BCUT2D eigenvalue weighted by molar-refractivity contribution is 5.72. The van der Waals surface area contributed by atoms with E-state index in [1.54, 1.807) is 0 Å². The molecule has 0 amide bonds.